The molecule has 2 amide bonds. The first-order valence-corrected chi connectivity index (χ1v) is 13.5. The van der Waals surface area contributed by atoms with Gasteiger partial charge in [-0.05, 0) is 43.7 Å². The van der Waals surface area contributed by atoms with E-state index in [1.54, 1.807) is 12.0 Å². The number of carbonyl (C=O) groups is 2. The molecule has 0 radical (unpaired) electrons. The number of carbonyl (C=O) groups excluding carboxylic acids is 2. The van der Waals surface area contributed by atoms with Crippen LogP contribution in [-0.2, 0) is 16.0 Å². The highest BCUT2D eigenvalue weighted by Gasteiger charge is 2.37. The Kier molecular flexibility index (Phi) is 10.8. The van der Waals surface area contributed by atoms with Gasteiger partial charge in [-0.2, -0.15) is 5.26 Å². The van der Waals surface area contributed by atoms with Crippen LogP contribution in [0.1, 0.15) is 63.5 Å². The molecule has 0 unspecified atom stereocenters. The topological polar surface area (TPSA) is 101 Å². The summed E-state index contributed by atoms with van der Waals surface area (Å²) in [7, 11) is 1.69. The Morgan fingerprint density at radius 1 is 1.19 bits per heavy atom. The highest BCUT2D eigenvalue weighted by molar-refractivity contribution is 5.95. The maximum absolute atomic E-state index is 14.1. The van der Waals surface area contributed by atoms with Gasteiger partial charge in [0.1, 0.15) is 0 Å². The summed E-state index contributed by atoms with van der Waals surface area (Å²) in [6, 6.07) is 9.82. The summed E-state index contributed by atoms with van der Waals surface area (Å²) in [5, 5.41) is 9.76. The third kappa shape index (κ3) is 7.45. The van der Waals surface area contributed by atoms with E-state index in [-0.39, 0.29) is 23.8 Å². The Morgan fingerprint density at radius 2 is 1.97 bits per heavy atom. The normalized spacial score (nSPS) is 17.7. The third-order valence-corrected chi connectivity index (χ3v) is 6.68. The third-order valence-electron chi connectivity index (χ3n) is 6.68. The number of piperidine rings is 1. The molecule has 1 aromatic heterocycles. The molecule has 1 aromatic carbocycles. The predicted octanol–water partition coefficient (Wildman–Crippen LogP) is 4.71. The van der Waals surface area contributed by atoms with E-state index in [1.807, 2.05) is 40.7 Å². The SMILES string of the molecule is CCCCOC(=O)N1C[C@H](C#N)C[C@H](N(CC(C)C)C(=O)c2nc3ccccc3n2CCCCOC)C1. The van der Waals surface area contributed by atoms with Crippen molar-refractivity contribution in [3.63, 3.8) is 0 Å². The lowest BCUT2D eigenvalue weighted by Crippen LogP contribution is -2.55. The fraction of sp³-hybridized carbons (Fsp3) is 0.643. The number of fused-ring (bicyclic) bond motifs is 1. The minimum atomic E-state index is -0.416. The van der Waals surface area contributed by atoms with Crippen LogP contribution in [-0.4, -0.2) is 77.4 Å². The Bertz CT molecular complexity index is 1080. The molecule has 0 bridgehead atoms. The molecule has 2 heterocycles. The second-order valence-electron chi connectivity index (χ2n) is 10.2. The average Bonchev–Trinajstić information content (AvgIpc) is 3.27. The fourth-order valence-corrected chi connectivity index (χ4v) is 4.84. The summed E-state index contributed by atoms with van der Waals surface area (Å²) < 4.78 is 12.6. The van der Waals surface area contributed by atoms with E-state index in [4.69, 9.17) is 14.5 Å². The fourth-order valence-electron chi connectivity index (χ4n) is 4.84. The van der Waals surface area contributed by atoms with Crippen LogP contribution in [0.5, 0.6) is 0 Å². The van der Waals surface area contributed by atoms with Crippen molar-refractivity contribution in [1.82, 2.24) is 19.4 Å². The molecule has 0 N–H and O–H groups in total. The van der Waals surface area contributed by atoms with E-state index >= 15 is 0 Å². The lowest BCUT2D eigenvalue weighted by Gasteiger charge is -2.41. The standard InChI is InChI=1S/C28H41N5O4/c1-5-6-15-37-28(35)31-19-22(17-29)16-23(20-31)33(18-21(2)3)27(34)26-30-24-11-7-8-12-25(24)32(26)13-9-10-14-36-4/h7-8,11-12,21-23H,5-6,9-10,13-16,18-20H2,1-4H3/t22-,23-/m0/s1. The number of hydrogen-bond donors (Lipinski definition) is 0. The van der Waals surface area contributed by atoms with Crippen LogP contribution < -0.4 is 0 Å². The Labute approximate surface area is 220 Å². The first kappa shape index (κ1) is 28.5. The molecule has 202 valence electrons. The second-order valence-corrected chi connectivity index (χ2v) is 10.2. The van der Waals surface area contributed by atoms with Crippen LogP contribution in [0.3, 0.4) is 0 Å². The van der Waals surface area contributed by atoms with Crippen LogP contribution in [0.4, 0.5) is 4.79 Å². The Morgan fingerprint density at radius 3 is 2.68 bits per heavy atom. The molecule has 37 heavy (non-hydrogen) atoms. The van der Waals surface area contributed by atoms with Gasteiger partial charge in [-0.1, -0.05) is 39.3 Å². The Balaban J connectivity index is 1.90. The van der Waals surface area contributed by atoms with Crippen LogP contribution >= 0.6 is 0 Å². The number of likely N-dealkylation sites (tertiary alicyclic amines) is 1. The molecule has 9 heteroatoms. The number of nitriles is 1. The zero-order chi connectivity index (χ0) is 26.8. The van der Waals surface area contributed by atoms with Crippen molar-refractivity contribution in [3.8, 4) is 6.07 Å². The molecular formula is C28H41N5O4. The molecular weight excluding hydrogens is 470 g/mol. The number of unbranched alkanes of at least 4 members (excludes halogenated alkanes) is 2. The first-order chi connectivity index (χ1) is 17.9. The summed E-state index contributed by atoms with van der Waals surface area (Å²) in [5.41, 5.74) is 1.70. The molecule has 1 fully saturated rings. The molecule has 9 nitrogen and oxygen atoms in total. The van der Waals surface area contributed by atoms with Gasteiger partial charge in [0.05, 0.1) is 35.7 Å². The maximum Gasteiger partial charge on any atom is 0.409 e. The summed E-state index contributed by atoms with van der Waals surface area (Å²) in [4.78, 5) is 35.1. The highest BCUT2D eigenvalue weighted by atomic mass is 16.6. The van der Waals surface area contributed by atoms with Crippen LogP contribution in [0.15, 0.2) is 24.3 Å². The summed E-state index contributed by atoms with van der Waals surface area (Å²) in [5.74, 6) is 0.0682. The number of aryl methyl sites for hydroxylation is 1. The van der Waals surface area contributed by atoms with E-state index in [9.17, 15) is 14.9 Å². The maximum atomic E-state index is 14.1. The quantitative estimate of drug-likeness (QED) is 0.383. The van der Waals surface area contributed by atoms with Crippen molar-refractivity contribution in [1.29, 1.82) is 5.26 Å². The number of hydrogen-bond acceptors (Lipinski definition) is 6. The van der Waals surface area contributed by atoms with Crippen molar-refractivity contribution < 1.29 is 19.1 Å². The monoisotopic (exact) mass is 511 g/mol. The molecule has 1 saturated heterocycles. The summed E-state index contributed by atoms with van der Waals surface area (Å²) in [6.45, 7) is 9.01. The van der Waals surface area contributed by atoms with Crippen molar-refractivity contribution in [2.24, 2.45) is 11.8 Å². The molecule has 0 aliphatic carbocycles. The van der Waals surface area contributed by atoms with Gasteiger partial charge in [0.15, 0.2) is 5.82 Å². The minimum absolute atomic E-state index is 0.167. The van der Waals surface area contributed by atoms with Crippen LogP contribution in [0.25, 0.3) is 11.0 Å². The lowest BCUT2D eigenvalue weighted by atomic mass is 9.93. The van der Waals surface area contributed by atoms with Crippen molar-refractivity contribution >= 4 is 23.0 Å². The summed E-state index contributed by atoms with van der Waals surface area (Å²) in [6.07, 6.45) is 3.56. The summed E-state index contributed by atoms with van der Waals surface area (Å²) >= 11 is 0. The van der Waals surface area contributed by atoms with Crippen LogP contribution in [0.2, 0.25) is 0 Å². The number of aromatic nitrogens is 2. The van der Waals surface area contributed by atoms with E-state index in [1.165, 1.54) is 0 Å². The lowest BCUT2D eigenvalue weighted by molar-refractivity contribution is 0.0378. The van der Waals surface area contributed by atoms with E-state index in [2.05, 4.69) is 19.9 Å². The van der Waals surface area contributed by atoms with E-state index in [0.717, 1.165) is 36.7 Å². The van der Waals surface area contributed by atoms with Gasteiger partial charge in [0.2, 0.25) is 0 Å². The number of amides is 2. The molecule has 1 aliphatic heterocycles. The number of nitrogens with zero attached hydrogens (tertiary/aromatic N) is 5. The molecule has 0 saturated carbocycles. The molecule has 1 aliphatic rings. The number of imidazole rings is 1. The van der Waals surface area contributed by atoms with Gasteiger partial charge in [-0.3, -0.25) is 4.79 Å². The number of para-hydroxylation sites is 2. The largest absolute Gasteiger partial charge is 0.449 e. The first-order valence-electron chi connectivity index (χ1n) is 13.5. The van der Waals surface area contributed by atoms with Crippen molar-refractivity contribution in [2.45, 2.75) is 65.5 Å². The van der Waals surface area contributed by atoms with E-state index in [0.29, 0.717) is 51.6 Å². The average molecular weight is 512 g/mol. The van der Waals surface area contributed by atoms with Crippen molar-refractivity contribution in [3.05, 3.63) is 30.1 Å². The number of methoxy groups -OCH3 is 1. The van der Waals surface area contributed by atoms with Gasteiger partial charge in [-0.25, -0.2) is 9.78 Å². The zero-order valence-corrected chi connectivity index (χ0v) is 22.7. The molecule has 3 rings (SSSR count). The van der Waals surface area contributed by atoms with Gasteiger partial charge >= 0.3 is 6.09 Å². The van der Waals surface area contributed by atoms with Crippen LogP contribution in [0, 0.1) is 23.2 Å². The second kappa shape index (κ2) is 14.0. The van der Waals surface area contributed by atoms with Gasteiger partial charge in [0, 0.05) is 39.9 Å². The van der Waals surface area contributed by atoms with Gasteiger partial charge in [-0.15, -0.1) is 0 Å². The number of ether oxygens (including phenoxy) is 2. The Hall–Kier alpha value is -3.12. The number of rotatable bonds is 12. The highest BCUT2D eigenvalue weighted by Crippen LogP contribution is 2.26. The van der Waals surface area contributed by atoms with Gasteiger partial charge in [0.25, 0.3) is 5.91 Å². The molecule has 0 spiro atoms. The van der Waals surface area contributed by atoms with Gasteiger partial charge < -0.3 is 23.8 Å². The molecule has 2 atom stereocenters. The zero-order valence-electron chi connectivity index (χ0n) is 22.7. The smallest absolute Gasteiger partial charge is 0.409 e. The molecule has 2 aromatic rings. The van der Waals surface area contributed by atoms with E-state index < -0.39 is 6.09 Å². The van der Waals surface area contributed by atoms with Crippen molar-refractivity contribution in [2.75, 3.05) is 40.0 Å². The minimum Gasteiger partial charge on any atom is -0.449 e. The predicted molar refractivity (Wildman–Crippen MR) is 142 cm³/mol. The number of benzene rings is 1.